The van der Waals surface area contributed by atoms with Gasteiger partial charge in [-0.15, -0.1) is 0 Å². The van der Waals surface area contributed by atoms with Crippen LogP contribution < -0.4 is 10.6 Å². The van der Waals surface area contributed by atoms with Gasteiger partial charge in [0.2, 0.25) is 0 Å². The van der Waals surface area contributed by atoms with E-state index in [1.54, 1.807) is 0 Å². The molecule has 2 amide bonds. The minimum atomic E-state index is -0.893. The second kappa shape index (κ2) is 10.1. The average molecular weight is 479 g/mol. The van der Waals surface area contributed by atoms with Gasteiger partial charge >= 0.3 is 12.1 Å². The first-order valence-electron chi connectivity index (χ1n) is 12.3. The number of fused-ring (bicyclic) bond motifs is 3. The molecule has 1 saturated carbocycles. The van der Waals surface area contributed by atoms with Crippen molar-refractivity contribution in [1.29, 1.82) is 0 Å². The Hall–Kier alpha value is -3.39. The van der Waals surface area contributed by atoms with Gasteiger partial charge in [-0.05, 0) is 41.5 Å². The smallest absolute Gasteiger partial charge is 0.407 e. The summed E-state index contributed by atoms with van der Waals surface area (Å²) >= 11 is 0. The lowest BCUT2D eigenvalue weighted by Crippen LogP contribution is -2.53. The number of carboxylic acid groups (broad SMARTS) is 1. The van der Waals surface area contributed by atoms with Crippen LogP contribution in [0.25, 0.3) is 11.1 Å². The molecular formula is C27H30N2O6. The molecule has 0 bridgehead atoms. The van der Waals surface area contributed by atoms with Crippen molar-refractivity contribution >= 4 is 18.0 Å². The fourth-order valence-electron chi connectivity index (χ4n) is 5.65. The van der Waals surface area contributed by atoms with Crippen LogP contribution in [0.15, 0.2) is 48.5 Å². The van der Waals surface area contributed by atoms with Gasteiger partial charge in [0.1, 0.15) is 6.61 Å². The van der Waals surface area contributed by atoms with Gasteiger partial charge in [0, 0.05) is 18.6 Å². The summed E-state index contributed by atoms with van der Waals surface area (Å²) in [5.41, 5.74) is 4.56. The van der Waals surface area contributed by atoms with Crippen LogP contribution in [0.2, 0.25) is 0 Å². The molecule has 35 heavy (non-hydrogen) atoms. The lowest BCUT2D eigenvalue weighted by Gasteiger charge is -2.30. The molecule has 8 nitrogen and oxygen atoms in total. The number of hydrogen-bond donors (Lipinski definition) is 3. The molecule has 8 heteroatoms. The topological polar surface area (TPSA) is 114 Å². The summed E-state index contributed by atoms with van der Waals surface area (Å²) < 4.78 is 11.2. The highest BCUT2D eigenvalue weighted by molar-refractivity contribution is 5.84. The van der Waals surface area contributed by atoms with Crippen LogP contribution in [-0.2, 0) is 19.1 Å². The number of rotatable bonds is 6. The monoisotopic (exact) mass is 478 g/mol. The summed E-state index contributed by atoms with van der Waals surface area (Å²) in [5.74, 6) is -1.92. The number of nitrogens with one attached hydrogen (secondary N) is 2. The number of ether oxygens (including phenoxy) is 2. The lowest BCUT2D eigenvalue weighted by molar-refractivity contribution is -0.144. The second-order valence-corrected chi connectivity index (χ2v) is 9.50. The number of carbonyl (C=O) groups is 3. The molecule has 0 spiro atoms. The van der Waals surface area contributed by atoms with Crippen molar-refractivity contribution < 1.29 is 29.0 Å². The molecule has 4 atom stereocenters. The molecule has 184 valence electrons. The zero-order chi connectivity index (χ0) is 24.4. The number of hydrogen-bond acceptors (Lipinski definition) is 5. The minimum absolute atomic E-state index is 0.0497. The van der Waals surface area contributed by atoms with Gasteiger partial charge in [-0.1, -0.05) is 61.4 Å². The quantitative estimate of drug-likeness (QED) is 0.586. The predicted molar refractivity (Wildman–Crippen MR) is 128 cm³/mol. The van der Waals surface area contributed by atoms with Crippen molar-refractivity contribution in [3.8, 4) is 11.1 Å². The molecule has 0 radical (unpaired) electrons. The van der Waals surface area contributed by atoms with Crippen molar-refractivity contribution in [2.45, 2.75) is 56.2 Å². The Bertz CT molecular complexity index is 1070. The zero-order valence-electron chi connectivity index (χ0n) is 19.4. The molecule has 3 N–H and O–H groups in total. The highest BCUT2D eigenvalue weighted by Crippen LogP contribution is 2.44. The molecule has 2 aromatic rings. The number of amides is 2. The normalized spacial score (nSPS) is 25.4. The van der Waals surface area contributed by atoms with Crippen LogP contribution in [0.4, 0.5) is 4.79 Å². The van der Waals surface area contributed by atoms with E-state index < -0.39 is 36.2 Å². The minimum Gasteiger partial charge on any atom is -0.481 e. The Morgan fingerprint density at radius 3 is 2.23 bits per heavy atom. The first kappa shape index (κ1) is 23.4. The van der Waals surface area contributed by atoms with E-state index in [4.69, 9.17) is 9.47 Å². The van der Waals surface area contributed by atoms with E-state index in [1.807, 2.05) is 24.3 Å². The molecule has 0 aromatic heterocycles. The van der Waals surface area contributed by atoms with Gasteiger partial charge in [-0.2, -0.15) is 0 Å². The third-order valence-electron chi connectivity index (χ3n) is 7.41. The molecule has 4 unspecified atom stereocenters. The second-order valence-electron chi connectivity index (χ2n) is 9.50. The van der Waals surface area contributed by atoms with Crippen LogP contribution in [0.5, 0.6) is 0 Å². The Morgan fingerprint density at radius 2 is 1.54 bits per heavy atom. The number of benzene rings is 2. The van der Waals surface area contributed by atoms with E-state index in [2.05, 4.69) is 34.9 Å². The van der Waals surface area contributed by atoms with E-state index in [1.165, 1.54) is 0 Å². The van der Waals surface area contributed by atoms with Crippen molar-refractivity contribution in [2.24, 2.45) is 5.92 Å². The van der Waals surface area contributed by atoms with Crippen molar-refractivity contribution in [3.05, 3.63) is 59.7 Å². The molecule has 3 aliphatic rings. The number of alkyl carbamates (subject to hydrolysis) is 1. The van der Waals surface area contributed by atoms with Gasteiger partial charge in [-0.3, -0.25) is 9.59 Å². The third kappa shape index (κ3) is 4.75. The van der Waals surface area contributed by atoms with Crippen LogP contribution in [0, 0.1) is 5.92 Å². The Labute approximate surface area is 204 Å². The predicted octanol–water partition coefficient (Wildman–Crippen LogP) is 3.44. The Morgan fingerprint density at radius 1 is 0.886 bits per heavy atom. The third-order valence-corrected chi connectivity index (χ3v) is 7.41. The van der Waals surface area contributed by atoms with E-state index in [-0.39, 0.29) is 18.4 Å². The maximum Gasteiger partial charge on any atom is 0.407 e. The van der Waals surface area contributed by atoms with Gasteiger partial charge in [-0.25, -0.2) is 4.79 Å². The maximum absolute atomic E-state index is 12.9. The maximum atomic E-state index is 12.9. The average Bonchev–Trinajstić information content (AvgIpc) is 3.45. The van der Waals surface area contributed by atoms with Gasteiger partial charge < -0.3 is 25.2 Å². The number of carboxylic acids is 1. The van der Waals surface area contributed by atoms with Crippen LogP contribution in [-0.4, -0.2) is 54.5 Å². The summed E-state index contributed by atoms with van der Waals surface area (Å²) in [6.45, 7) is 0.520. The van der Waals surface area contributed by atoms with Gasteiger partial charge in [0.25, 0.3) is 5.91 Å². The van der Waals surface area contributed by atoms with Crippen molar-refractivity contribution in [2.75, 3.05) is 13.2 Å². The molecule has 2 fully saturated rings. The molecular weight excluding hydrogens is 448 g/mol. The molecule has 1 aliphatic heterocycles. The van der Waals surface area contributed by atoms with E-state index >= 15 is 0 Å². The summed E-state index contributed by atoms with van der Waals surface area (Å²) in [7, 11) is 0. The highest BCUT2D eigenvalue weighted by Gasteiger charge is 2.39. The molecule has 2 aromatic carbocycles. The van der Waals surface area contributed by atoms with Crippen molar-refractivity contribution in [1.82, 2.24) is 10.6 Å². The Balaban J connectivity index is 1.19. The fourth-order valence-corrected chi connectivity index (χ4v) is 5.65. The first-order chi connectivity index (χ1) is 17.0. The lowest BCUT2D eigenvalue weighted by atomic mass is 9.84. The fraction of sp³-hybridized carbons (Fsp3) is 0.444. The Kier molecular flexibility index (Phi) is 6.72. The van der Waals surface area contributed by atoms with Gasteiger partial charge in [0.15, 0.2) is 6.10 Å². The summed E-state index contributed by atoms with van der Waals surface area (Å²) in [5, 5.41) is 15.1. The van der Waals surface area contributed by atoms with Crippen LogP contribution in [0.1, 0.15) is 49.1 Å². The largest absolute Gasteiger partial charge is 0.481 e. The first-order valence-corrected chi connectivity index (χ1v) is 12.3. The van der Waals surface area contributed by atoms with Crippen LogP contribution in [0.3, 0.4) is 0 Å². The molecule has 5 rings (SSSR count). The standard InChI is InChI=1S/C27H30N2O6/c30-25(28-22-12-6-5-11-20(22)26(31)32)24-23(13-14-34-24)29-27(33)35-15-21-18-9-3-1-7-16(18)17-8-2-4-10-19(17)21/h1-4,7-10,20-24H,5-6,11-15H2,(H,28,30)(H,29,33)(H,31,32). The number of carbonyl (C=O) groups excluding carboxylic acids is 2. The number of aliphatic carboxylic acids is 1. The zero-order valence-corrected chi connectivity index (χ0v) is 19.4. The summed E-state index contributed by atoms with van der Waals surface area (Å²) in [6.07, 6.45) is 1.91. The van der Waals surface area contributed by atoms with Crippen LogP contribution >= 0.6 is 0 Å². The molecule has 1 saturated heterocycles. The van der Waals surface area contributed by atoms with Crippen molar-refractivity contribution in [3.63, 3.8) is 0 Å². The molecule has 1 heterocycles. The van der Waals surface area contributed by atoms with E-state index in [0.717, 1.165) is 35.1 Å². The highest BCUT2D eigenvalue weighted by atomic mass is 16.6. The van der Waals surface area contributed by atoms with Gasteiger partial charge in [0.05, 0.1) is 12.0 Å². The SMILES string of the molecule is O=C(NC1CCOC1C(=O)NC1CCCCC1C(=O)O)OCC1c2ccccc2-c2ccccc21. The van der Waals surface area contributed by atoms with E-state index in [0.29, 0.717) is 25.9 Å². The molecule has 2 aliphatic carbocycles. The van der Waals surface area contributed by atoms with E-state index in [9.17, 15) is 19.5 Å². The summed E-state index contributed by atoms with van der Waals surface area (Å²) in [6, 6.07) is 15.3. The summed E-state index contributed by atoms with van der Waals surface area (Å²) in [4.78, 5) is 37.1.